The van der Waals surface area contributed by atoms with Crippen LogP contribution in [0.1, 0.15) is 11.1 Å². The van der Waals surface area contributed by atoms with Crippen molar-refractivity contribution >= 4 is 34.4 Å². The van der Waals surface area contributed by atoms with E-state index in [9.17, 15) is 14.9 Å². The van der Waals surface area contributed by atoms with Gasteiger partial charge in [-0.25, -0.2) is 9.79 Å². The summed E-state index contributed by atoms with van der Waals surface area (Å²) in [5.74, 6) is -0.280. The molecular weight excluding hydrogens is 356 g/mol. The van der Waals surface area contributed by atoms with E-state index in [2.05, 4.69) is 4.99 Å². The van der Waals surface area contributed by atoms with Gasteiger partial charge < -0.3 is 4.74 Å². The molecule has 1 aliphatic heterocycles. The first-order valence-electron chi connectivity index (χ1n) is 8.53. The summed E-state index contributed by atoms with van der Waals surface area (Å²) in [6.45, 7) is 0. The maximum Gasteiger partial charge on any atom is 0.363 e. The van der Waals surface area contributed by atoms with Gasteiger partial charge in [-0.05, 0) is 34.5 Å². The van der Waals surface area contributed by atoms with Crippen LogP contribution in [-0.4, -0.2) is 16.8 Å². The van der Waals surface area contributed by atoms with E-state index in [-0.39, 0.29) is 17.3 Å². The van der Waals surface area contributed by atoms with E-state index in [4.69, 9.17) is 4.74 Å². The molecule has 0 saturated heterocycles. The summed E-state index contributed by atoms with van der Waals surface area (Å²) < 4.78 is 5.28. The normalized spacial score (nSPS) is 15.2. The quantitative estimate of drug-likeness (QED) is 0.290. The number of aliphatic imine (C=N–C) groups is 1. The third kappa shape index (κ3) is 3.57. The van der Waals surface area contributed by atoms with Crippen molar-refractivity contribution in [2.75, 3.05) is 0 Å². The molecule has 0 unspecified atom stereocenters. The topological polar surface area (TPSA) is 81.8 Å². The number of carbonyl (C=O) groups excluding carboxylic acids is 1. The highest BCUT2D eigenvalue weighted by atomic mass is 16.6. The van der Waals surface area contributed by atoms with Gasteiger partial charge >= 0.3 is 5.97 Å². The van der Waals surface area contributed by atoms with Crippen molar-refractivity contribution in [2.45, 2.75) is 0 Å². The third-order valence-electron chi connectivity index (χ3n) is 4.24. The van der Waals surface area contributed by atoms with Crippen LogP contribution in [0.25, 0.3) is 16.8 Å². The Morgan fingerprint density at radius 3 is 2.61 bits per heavy atom. The molecule has 0 saturated carbocycles. The first-order valence-corrected chi connectivity index (χ1v) is 8.53. The fourth-order valence-corrected chi connectivity index (χ4v) is 2.86. The Morgan fingerprint density at radius 1 is 0.964 bits per heavy atom. The van der Waals surface area contributed by atoms with Gasteiger partial charge in [0.05, 0.1) is 4.92 Å². The van der Waals surface area contributed by atoms with Crippen LogP contribution in [0.5, 0.6) is 0 Å². The number of fused-ring (bicyclic) bond motifs is 1. The van der Waals surface area contributed by atoms with Crippen molar-refractivity contribution in [1.29, 1.82) is 0 Å². The largest absolute Gasteiger partial charge is 0.402 e. The van der Waals surface area contributed by atoms with Gasteiger partial charge in [0.15, 0.2) is 5.70 Å². The van der Waals surface area contributed by atoms with Crippen molar-refractivity contribution in [3.63, 3.8) is 0 Å². The predicted octanol–water partition coefficient (Wildman–Crippen LogP) is 4.65. The lowest BCUT2D eigenvalue weighted by Crippen LogP contribution is -2.05. The second-order valence-electron chi connectivity index (χ2n) is 6.13. The molecule has 136 valence electrons. The predicted molar refractivity (Wildman–Crippen MR) is 107 cm³/mol. The van der Waals surface area contributed by atoms with Gasteiger partial charge in [0, 0.05) is 17.7 Å². The van der Waals surface area contributed by atoms with Crippen molar-refractivity contribution < 1.29 is 14.5 Å². The number of hydrogen-bond donors (Lipinski definition) is 0. The Balaban J connectivity index is 1.58. The highest BCUT2D eigenvalue weighted by Crippen LogP contribution is 2.21. The molecule has 6 heteroatoms. The number of ether oxygens (including phenoxy) is 1. The molecule has 3 aromatic carbocycles. The number of nitro benzene ring substituents is 1. The van der Waals surface area contributed by atoms with E-state index in [0.29, 0.717) is 5.56 Å². The van der Waals surface area contributed by atoms with Gasteiger partial charge in [0.2, 0.25) is 5.90 Å². The number of nitro groups is 1. The second-order valence-corrected chi connectivity index (χ2v) is 6.13. The zero-order valence-electron chi connectivity index (χ0n) is 14.6. The van der Waals surface area contributed by atoms with E-state index >= 15 is 0 Å². The molecule has 4 rings (SSSR count). The molecule has 0 spiro atoms. The number of hydrogen-bond acceptors (Lipinski definition) is 5. The summed E-state index contributed by atoms with van der Waals surface area (Å²) in [7, 11) is 0. The Kier molecular flexibility index (Phi) is 4.51. The number of non-ortho nitro benzene ring substituents is 1. The van der Waals surface area contributed by atoms with Crippen molar-refractivity contribution in [3.8, 4) is 0 Å². The van der Waals surface area contributed by atoms with Gasteiger partial charge in [-0.15, -0.1) is 0 Å². The average molecular weight is 370 g/mol. The summed E-state index contributed by atoms with van der Waals surface area (Å²) in [6.07, 6.45) is 4.80. The molecular formula is C22H14N2O4. The fourth-order valence-electron chi connectivity index (χ4n) is 2.86. The van der Waals surface area contributed by atoms with Gasteiger partial charge in [-0.1, -0.05) is 54.6 Å². The molecule has 0 bridgehead atoms. The maximum atomic E-state index is 12.1. The van der Waals surface area contributed by atoms with E-state index in [0.717, 1.165) is 16.3 Å². The number of nitrogens with zero attached hydrogens (tertiary/aromatic N) is 2. The number of carbonyl (C=O) groups is 1. The molecule has 0 N–H and O–H groups in total. The third-order valence-corrected chi connectivity index (χ3v) is 4.24. The smallest absolute Gasteiger partial charge is 0.363 e. The van der Waals surface area contributed by atoms with Crippen LogP contribution in [0, 0.1) is 10.1 Å². The first-order chi connectivity index (χ1) is 13.6. The minimum atomic E-state index is -0.535. The van der Waals surface area contributed by atoms with Crippen LogP contribution in [0.15, 0.2) is 89.6 Å². The van der Waals surface area contributed by atoms with Crippen LogP contribution >= 0.6 is 0 Å². The number of allylic oxidation sites excluding steroid dienone is 2. The Labute approximate surface area is 160 Å². The lowest BCUT2D eigenvalue weighted by molar-refractivity contribution is -0.384. The fraction of sp³-hybridized carbons (Fsp3) is 0. The number of esters is 1. The van der Waals surface area contributed by atoms with Crippen LogP contribution in [-0.2, 0) is 9.53 Å². The number of rotatable bonds is 4. The minimum Gasteiger partial charge on any atom is -0.402 e. The molecule has 0 atom stereocenters. The van der Waals surface area contributed by atoms with Gasteiger partial charge in [-0.3, -0.25) is 10.1 Å². The maximum absolute atomic E-state index is 12.1. The number of cyclic esters (lactones) is 1. The molecule has 1 aliphatic rings. The lowest BCUT2D eigenvalue weighted by Gasteiger charge is -2.02. The molecule has 0 aromatic heterocycles. The van der Waals surface area contributed by atoms with Gasteiger partial charge in [-0.2, -0.15) is 0 Å². The zero-order chi connectivity index (χ0) is 19.5. The summed E-state index contributed by atoms with van der Waals surface area (Å²) in [5.41, 5.74) is 1.55. The Bertz CT molecular complexity index is 1190. The van der Waals surface area contributed by atoms with E-state index in [1.807, 2.05) is 42.5 Å². The highest BCUT2D eigenvalue weighted by molar-refractivity contribution is 6.12. The molecule has 1 heterocycles. The Morgan fingerprint density at radius 2 is 1.79 bits per heavy atom. The molecule has 0 aliphatic carbocycles. The molecule has 0 amide bonds. The molecule has 6 nitrogen and oxygen atoms in total. The summed E-state index contributed by atoms with van der Waals surface area (Å²) in [4.78, 5) is 26.7. The minimum absolute atomic E-state index is 0.00619. The van der Waals surface area contributed by atoms with E-state index in [1.165, 1.54) is 18.2 Å². The summed E-state index contributed by atoms with van der Waals surface area (Å²) in [5, 5.41) is 12.9. The Hall–Kier alpha value is -4.06. The van der Waals surface area contributed by atoms with Crippen LogP contribution in [0.4, 0.5) is 5.69 Å². The molecule has 0 fully saturated rings. The number of benzene rings is 3. The van der Waals surface area contributed by atoms with Crippen LogP contribution in [0.2, 0.25) is 0 Å². The molecule has 3 aromatic rings. The summed E-state index contributed by atoms with van der Waals surface area (Å²) >= 11 is 0. The van der Waals surface area contributed by atoms with Gasteiger partial charge in [0.25, 0.3) is 5.69 Å². The van der Waals surface area contributed by atoms with E-state index in [1.54, 1.807) is 24.3 Å². The standard InChI is InChI=1S/C22H14N2O4/c25-22-20(10-4-6-15-5-3-9-19(13-15)24(26)27)23-21(28-22)18-12-11-16-7-1-2-8-17(16)14-18/h1-14H/b6-4+,20-10+. The van der Waals surface area contributed by atoms with Gasteiger partial charge in [0.1, 0.15) is 0 Å². The van der Waals surface area contributed by atoms with Crippen molar-refractivity contribution in [1.82, 2.24) is 0 Å². The van der Waals surface area contributed by atoms with Crippen molar-refractivity contribution in [2.24, 2.45) is 4.99 Å². The average Bonchev–Trinajstić information content (AvgIpc) is 3.08. The van der Waals surface area contributed by atoms with Crippen LogP contribution in [0.3, 0.4) is 0 Å². The van der Waals surface area contributed by atoms with Crippen molar-refractivity contribution in [3.05, 3.63) is 106 Å². The zero-order valence-corrected chi connectivity index (χ0v) is 14.6. The molecule has 28 heavy (non-hydrogen) atoms. The van der Waals surface area contributed by atoms with E-state index < -0.39 is 10.9 Å². The monoisotopic (exact) mass is 370 g/mol. The highest BCUT2D eigenvalue weighted by Gasteiger charge is 2.23. The summed E-state index contributed by atoms with van der Waals surface area (Å²) in [6, 6.07) is 19.8. The lowest BCUT2D eigenvalue weighted by atomic mass is 10.1. The second kappa shape index (κ2) is 7.28. The molecule has 0 radical (unpaired) electrons. The van der Waals surface area contributed by atoms with Crippen LogP contribution < -0.4 is 0 Å². The first kappa shape index (κ1) is 17.4. The SMILES string of the molecule is O=C1OC(c2ccc3ccccc3c2)=N/C1=C/C=C/c1cccc([N+](=O)[O-])c1.